The summed E-state index contributed by atoms with van der Waals surface area (Å²) >= 11 is 7.09. The maximum Gasteiger partial charge on any atom is 0.220 e. The molecule has 0 radical (unpaired) electrons. The number of carbonyl (C=O) groups excluding carboxylic acids is 2. The Balaban J connectivity index is 0.000000119. The van der Waals surface area contributed by atoms with Crippen LogP contribution in [0, 0.1) is 0 Å². The van der Waals surface area contributed by atoms with Gasteiger partial charge in [-0.15, -0.1) is 0 Å². The van der Waals surface area contributed by atoms with Gasteiger partial charge in [-0.2, -0.15) is 24.7 Å². The normalized spacial score (nSPS) is 19.9. The molecule has 4 N–H and O–H groups in total. The second-order valence-electron chi connectivity index (χ2n) is 25.6. The topological polar surface area (TPSA) is 237 Å². The molecule has 0 bridgehead atoms. The van der Waals surface area contributed by atoms with Gasteiger partial charge in [-0.1, -0.05) is 44.0 Å². The molecule has 6 aliphatic rings. The van der Waals surface area contributed by atoms with Crippen LogP contribution < -0.4 is 9.80 Å². The second-order valence-corrected chi connectivity index (χ2v) is 31.4. The van der Waals surface area contributed by atoms with E-state index in [2.05, 4.69) is 133 Å². The number of likely N-dealkylation sites (tertiary alicyclic amines) is 1. The van der Waals surface area contributed by atoms with Crippen molar-refractivity contribution in [1.82, 2.24) is 59.2 Å². The van der Waals surface area contributed by atoms with Gasteiger partial charge in [0.2, 0.25) is 31.9 Å². The lowest BCUT2D eigenvalue weighted by Crippen LogP contribution is -2.60. The maximum absolute atomic E-state index is 12.0. The third-order valence-corrected chi connectivity index (χ3v) is 22.0. The minimum atomic E-state index is -3.20. The molecule has 8 aromatic rings. The molecule has 4 aromatic heterocycles. The SMILES string of the molecule is CC(=O)N1CCC(c2cc(C3CC3)cc3[nH]ncc23)CC1.CC(=O)N1CCN(c2cc(Br)cc3[nH]ncc23)CC1(C)C.CC1(C)CN(c2cc(Br)cc3[nH]ncc23)CCN1S(C)(=O)=O.CS(=O)(=O)N1CCC(c2cc(C3CC3)cc3[nH]ncc23)CC1. The Morgan fingerprint density at radius 2 is 0.884 bits per heavy atom. The summed E-state index contributed by atoms with van der Waals surface area (Å²) < 4.78 is 52.4. The number of aromatic amines is 4. The van der Waals surface area contributed by atoms with Crippen LogP contribution in [-0.2, 0) is 29.6 Å². The van der Waals surface area contributed by atoms with Gasteiger partial charge in [0.25, 0.3) is 0 Å². The smallest absolute Gasteiger partial charge is 0.220 e. The summed E-state index contributed by atoms with van der Waals surface area (Å²) in [6, 6.07) is 17.5. The molecule has 2 amide bonds. The zero-order valence-corrected chi connectivity index (χ0v) is 55.3. The Morgan fingerprint density at radius 1 is 0.477 bits per heavy atom. The average Bonchev–Trinajstić information content (AvgIpc) is 1.99. The van der Waals surface area contributed by atoms with E-state index < -0.39 is 25.6 Å². The summed E-state index contributed by atoms with van der Waals surface area (Å²) in [5, 5.41) is 33.5. The quantitative estimate of drug-likeness (QED) is 0.111. The van der Waals surface area contributed by atoms with Gasteiger partial charge in [0.1, 0.15) is 0 Å². The Labute approximate surface area is 520 Å². The number of H-pyrrole nitrogens is 4. The Bertz CT molecular complexity index is 4020. The first kappa shape index (κ1) is 61.7. The lowest BCUT2D eigenvalue weighted by molar-refractivity contribution is -0.134. The summed E-state index contributed by atoms with van der Waals surface area (Å²) in [6.45, 7) is 18.6. The first-order valence-electron chi connectivity index (χ1n) is 30.0. The van der Waals surface area contributed by atoms with Crippen LogP contribution in [0.15, 0.2) is 82.3 Å². The summed E-state index contributed by atoms with van der Waals surface area (Å²) in [7, 11) is -6.26. The summed E-state index contributed by atoms with van der Waals surface area (Å²) in [6.07, 6.45) is 19.2. The van der Waals surface area contributed by atoms with Gasteiger partial charge in [-0.05, 0) is 161 Å². The molecule has 14 rings (SSSR count). The number of hydrogen-bond donors (Lipinski definition) is 4. The highest BCUT2D eigenvalue weighted by Crippen LogP contribution is 2.45. The van der Waals surface area contributed by atoms with E-state index in [-0.39, 0.29) is 17.4 Å². The molecule has 6 fully saturated rings. The molecule has 4 aromatic carbocycles. The van der Waals surface area contributed by atoms with E-state index >= 15 is 0 Å². The van der Waals surface area contributed by atoms with Gasteiger partial charge < -0.3 is 19.6 Å². The number of aromatic nitrogens is 8. The Morgan fingerprint density at radius 3 is 1.27 bits per heavy atom. The molecule has 24 heteroatoms. The summed E-state index contributed by atoms with van der Waals surface area (Å²) in [5.41, 5.74) is 11.5. The van der Waals surface area contributed by atoms with E-state index in [0.717, 1.165) is 112 Å². The molecular weight excluding hydrogens is 1260 g/mol. The van der Waals surface area contributed by atoms with Gasteiger partial charge in [0, 0.05) is 127 Å². The van der Waals surface area contributed by atoms with Crippen molar-refractivity contribution in [1.29, 1.82) is 0 Å². The van der Waals surface area contributed by atoms with Crippen molar-refractivity contribution in [2.24, 2.45) is 0 Å². The van der Waals surface area contributed by atoms with Gasteiger partial charge in [0.15, 0.2) is 0 Å². The van der Waals surface area contributed by atoms with Gasteiger partial charge in [-0.25, -0.2) is 21.1 Å². The van der Waals surface area contributed by atoms with Crippen LogP contribution in [0.25, 0.3) is 43.6 Å². The number of hydrogen-bond acceptors (Lipinski definition) is 12. The number of carbonyl (C=O) groups is 2. The van der Waals surface area contributed by atoms with Gasteiger partial charge in [-0.3, -0.25) is 30.0 Å². The molecule has 4 aliphatic heterocycles. The van der Waals surface area contributed by atoms with E-state index in [0.29, 0.717) is 50.5 Å². The van der Waals surface area contributed by atoms with Crippen LogP contribution in [0.2, 0.25) is 0 Å². The minimum absolute atomic E-state index is 0.141. The van der Waals surface area contributed by atoms with Crippen LogP contribution in [0.5, 0.6) is 0 Å². The number of nitrogens with zero attached hydrogens (tertiary/aromatic N) is 10. The first-order valence-corrected chi connectivity index (χ1v) is 35.2. The fourth-order valence-electron chi connectivity index (χ4n) is 13.6. The number of amides is 2. The van der Waals surface area contributed by atoms with E-state index in [1.54, 1.807) is 22.5 Å². The Hall–Kier alpha value is -5.92. The number of halogens is 2. The molecular formula is C62H80Br2N14O6S2. The fourth-order valence-corrected chi connectivity index (χ4v) is 16.7. The van der Waals surface area contributed by atoms with E-state index in [1.165, 1.54) is 76.7 Å². The molecule has 8 heterocycles. The lowest BCUT2D eigenvalue weighted by atomic mass is 9.86. The molecule has 4 saturated heterocycles. The molecule has 86 heavy (non-hydrogen) atoms. The van der Waals surface area contributed by atoms with E-state index in [9.17, 15) is 26.4 Å². The van der Waals surface area contributed by atoms with Crippen molar-refractivity contribution in [3.05, 3.63) is 105 Å². The Kier molecular flexibility index (Phi) is 17.6. The highest BCUT2D eigenvalue weighted by molar-refractivity contribution is 9.10. The third kappa shape index (κ3) is 13.7. The van der Waals surface area contributed by atoms with Gasteiger partial charge in [0.05, 0.1) is 64.9 Å². The van der Waals surface area contributed by atoms with E-state index in [4.69, 9.17) is 0 Å². The van der Waals surface area contributed by atoms with Gasteiger partial charge >= 0.3 is 0 Å². The number of fused-ring (bicyclic) bond motifs is 4. The number of piperidine rings is 2. The summed E-state index contributed by atoms with van der Waals surface area (Å²) in [4.78, 5) is 31.7. The molecule has 2 aliphatic carbocycles. The monoisotopic (exact) mass is 1340 g/mol. The number of nitrogens with one attached hydrogen (secondary N) is 4. The molecule has 460 valence electrons. The molecule has 0 unspecified atom stereocenters. The van der Waals surface area contributed by atoms with Crippen LogP contribution in [0.3, 0.4) is 0 Å². The number of anilines is 2. The third-order valence-electron chi connectivity index (χ3n) is 18.3. The van der Waals surface area contributed by atoms with Crippen LogP contribution in [0.1, 0.15) is 139 Å². The number of sulfonamides is 2. The predicted molar refractivity (Wildman–Crippen MR) is 348 cm³/mol. The van der Waals surface area contributed by atoms with Crippen molar-refractivity contribution in [2.75, 3.05) is 87.8 Å². The standard InChI is InChI=1S/C17H21N3O.C16H21N3O2S.C15H19BrN4O.C14H19BrN4O2S/c1-11(21)20-6-4-13(5-7-20)15-8-14(12-2-3-12)9-17-16(15)10-18-19-17;1-22(20,21)19-6-4-12(5-7-19)14-8-13(11-2-3-11)9-16-15(14)10-17-18-16;1-10(21)20-5-4-19(9-15(20,2)3)14-7-11(16)6-13-12(14)8-17-18-13;1-14(2)9-18(4-5-19(14)22(3,20)21)13-7-10(15)6-12-11(13)8-16-17-12/h8-10,12-13H,2-7H2,1H3,(H,18,19);8-12H,2-7H2,1H3,(H,17,18);6-8H,4-5,9H2,1-3H3,(H,17,18);6-8H,4-5,9H2,1-3H3,(H,16,17). The van der Waals surface area contributed by atoms with Crippen molar-refractivity contribution < 1.29 is 26.4 Å². The van der Waals surface area contributed by atoms with Crippen molar-refractivity contribution >= 4 is 119 Å². The van der Waals surface area contributed by atoms with Crippen LogP contribution in [-0.4, -0.2) is 177 Å². The molecule has 2 saturated carbocycles. The highest BCUT2D eigenvalue weighted by atomic mass is 79.9. The molecule has 0 spiro atoms. The van der Waals surface area contributed by atoms with Crippen molar-refractivity contribution in [3.63, 3.8) is 0 Å². The van der Waals surface area contributed by atoms with Crippen molar-refractivity contribution in [3.8, 4) is 0 Å². The second kappa shape index (κ2) is 24.6. The predicted octanol–water partition coefficient (Wildman–Crippen LogP) is 10.7. The zero-order chi connectivity index (χ0) is 61.0. The zero-order valence-electron chi connectivity index (χ0n) is 50.5. The maximum atomic E-state index is 12.0. The highest BCUT2D eigenvalue weighted by Gasteiger charge is 2.40. The average molecular weight is 1340 g/mol. The minimum Gasteiger partial charge on any atom is -0.368 e. The number of benzene rings is 4. The molecule has 20 nitrogen and oxygen atoms in total. The van der Waals surface area contributed by atoms with Crippen molar-refractivity contribution in [2.45, 2.75) is 128 Å². The fraction of sp³-hybridized carbons (Fsp3) is 0.516. The number of piperazine rings is 2. The summed E-state index contributed by atoms with van der Waals surface area (Å²) in [5.74, 6) is 2.79. The lowest BCUT2D eigenvalue weighted by Gasteiger charge is -2.47. The number of rotatable bonds is 8. The van der Waals surface area contributed by atoms with Crippen LogP contribution >= 0.6 is 31.9 Å². The van der Waals surface area contributed by atoms with Crippen LogP contribution in [0.4, 0.5) is 11.4 Å². The van der Waals surface area contributed by atoms with E-state index in [1.807, 2.05) is 60.6 Å². The molecule has 0 atom stereocenters. The largest absolute Gasteiger partial charge is 0.368 e. The first-order chi connectivity index (χ1) is 40.8.